The molecule has 0 aromatic heterocycles. The zero-order chi connectivity index (χ0) is 25.8. The standard InChI is InChI=1S/C30H35N3O4/c34-25-19-23(17-21-9-3-1-4-10-21)29(36)33-16-8-14-27(33)30(37)32-15-7-13-26(32)28(35)31-24(20-25)18-22-11-5-2-6-12-22/h1-6,9-12,23-24,26-27H,7-8,13-20H2,(H,31,35)/t23-,24+,26+,27-/m1/s1. The molecule has 0 spiro atoms. The molecule has 0 bridgehead atoms. The number of carbonyl (C=O) groups is 4. The van der Waals surface area contributed by atoms with Gasteiger partial charge in [0.1, 0.15) is 17.9 Å². The van der Waals surface area contributed by atoms with E-state index in [2.05, 4.69) is 5.32 Å². The normalized spacial score (nSPS) is 27.1. The summed E-state index contributed by atoms with van der Waals surface area (Å²) in [6, 6.07) is 18.0. The fourth-order valence-corrected chi connectivity index (χ4v) is 6.16. The molecular formula is C30H35N3O4. The Morgan fingerprint density at radius 2 is 1.24 bits per heavy atom. The number of hydrogen-bond donors (Lipinski definition) is 1. The molecule has 4 atom stereocenters. The van der Waals surface area contributed by atoms with Gasteiger partial charge in [-0.3, -0.25) is 19.2 Å². The number of ketones is 1. The van der Waals surface area contributed by atoms with Crippen molar-refractivity contribution in [2.45, 2.75) is 69.5 Å². The van der Waals surface area contributed by atoms with Crippen LogP contribution in [0, 0.1) is 5.92 Å². The Balaban J connectivity index is 1.46. The van der Waals surface area contributed by atoms with E-state index in [9.17, 15) is 19.2 Å². The summed E-state index contributed by atoms with van der Waals surface area (Å²) in [5, 5.41) is 3.11. The summed E-state index contributed by atoms with van der Waals surface area (Å²) in [6.07, 6.45) is 3.92. The first kappa shape index (κ1) is 25.2. The largest absolute Gasteiger partial charge is 0.351 e. The smallest absolute Gasteiger partial charge is 0.246 e. The lowest BCUT2D eigenvalue weighted by Gasteiger charge is -2.32. The van der Waals surface area contributed by atoms with Crippen LogP contribution in [0.5, 0.6) is 0 Å². The summed E-state index contributed by atoms with van der Waals surface area (Å²) in [6.45, 7) is 1.03. The van der Waals surface area contributed by atoms with Gasteiger partial charge in [-0.15, -0.1) is 0 Å². The molecule has 0 radical (unpaired) electrons. The fraction of sp³-hybridized carbons (Fsp3) is 0.467. The molecule has 37 heavy (non-hydrogen) atoms. The van der Waals surface area contributed by atoms with Gasteiger partial charge in [0.25, 0.3) is 0 Å². The minimum Gasteiger partial charge on any atom is -0.351 e. The van der Waals surface area contributed by atoms with Gasteiger partial charge >= 0.3 is 0 Å². The van der Waals surface area contributed by atoms with Crippen LogP contribution in [0.25, 0.3) is 0 Å². The van der Waals surface area contributed by atoms with Crippen molar-refractivity contribution in [3.05, 3.63) is 71.8 Å². The van der Waals surface area contributed by atoms with Crippen LogP contribution < -0.4 is 5.32 Å². The Hall–Kier alpha value is -3.48. The maximum Gasteiger partial charge on any atom is 0.246 e. The Labute approximate surface area is 218 Å². The van der Waals surface area contributed by atoms with Crippen LogP contribution in [0.1, 0.15) is 49.7 Å². The first-order chi connectivity index (χ1) is 18.0. The summed E-state index contributed by atoms with van der Waals surface area (Å²) < 4.78 is 0. The van der Waals surface area contributed by atoms with Gasteiger partial charge in [0.05, 0.1) is 0 Å². The molecule has 0 aliphatic carbocycles. The minimum absolute atomic E-state index is 0.0416. The molecule has 3 heterocycles. The molecule has 5 rings (SSSR count). The van der Waals surface area contributed by atoms with E-state index in [4.69, 9.17) is 0 Å². The molecule has 0 saturated carbocycles. The monoisotopic (exact) mass is 501 g/mol. The predicted octanol–water partition coefficient (Wildman–Crippen LogP) is 2.92. The molecule has 2 aromatic rings. The van der Waals surface area contributed by atoms with Crippen molar-refractivity contribution in [1.82, 2.24) is 15.1 Å². The number of nitrogens with zero attached hydrogens (tertiary/aromatic N) is 2. The number of hydrogen-bond acceptors (Lipinski definition) is 4. The number of nitrogens with one attached hydrogen (secondary N) is 1. The van der Waals surface area contributed by atoms with Gasteiger partial charge in [0.2, 0.25) is 17.7 Å². The average Bonchev–Trinajstić information content (AvgIpc) is 3.59. The van der Waals surface area contributed by atoms with Gasteiger partial charge < -0.3 is 15.1 Å². The minimum atomic E-state index is -0.560. The molecule has 3 amide bonds. The molecular weight excluding hydrogens is 466 g/mol. The molecule has 1 N–H and O–H groups in total. The zero-order valence-corrected chi connectivity index (χ0v) is 21.2. The summed E-state index contributed by atoms with van der Waals surface area (Å²) in [4.78, 5) is 57.8. The van der Waals surface area contributed by atoms with Crippen molar-refractivity contribution in [3.8, 4) is 0 Å². The van der Waals surface area contributed by atoms with Gasteiger partial charge in [0, 0.05) is 37.9 Å². The number of fused-ring (bicyclic) bond motifs is 2. The van der Waals surface area contributed by atoms with E-state index in [0.717, 1.165) is 24.0 Å². The lowest BCUT2D eigenvalue weighted by Crippen LogP contribution is -2.54. The van der Waals surface area contributed by atoms with Crippen molar-refractivity contribution >= 4 is 23.5 Å². The second-order valence-electron chi connectivity index (χ2n) is 10.6. The first-order valence-electron chi connectivity index (χ1n) is 13.5. The Bertz CT molecular complexity index is 1140. The second kappa shape index (κ2) is 11.3. The van der Waals surface area contributed by atoms with Crippen LogP contribution in [0.15, 0.2) is 60.7 Å². The fourth-order valence-electron chi connectivity index (χ4n) is 6.16. The van der Waals surface area contributed by atoms with Crippen molar-refractivity contribution in [2.75, 3.05) is 13.1 Å². The third-order valence-corrected chi connectivity index (χ3v) is 7.95. The first-order valence-corrected chi connectivity index (χ1v) is 13.5. The highest BCUT2D eigenvalue weighted by Gasteiger charge is 2.44. The van der Waals surface area contributed by atoms with E-state index in [1.54, 1.807) is 9.80 Å². The van der Waals surface area contributed by atoms with Gasteiger partial charge in [-0.25, -0.2) is 0 Å². The molecule has 194 valence electrons. The molecule has 7 heteroatoms. The molecule has 3 aliphatic rings. The van der Waals surface area contributed by atoms with E-state index in [-0.39, 0.29) is 36.3 Å². The van der Waals surface area contributed by atoms with E-state index in [1.165, 1.54) is 0 Å². The Kier molecular flexibility index (Phi) is 7.68. The number of amides is 3. The van der Waals surface area contributed by atoms with Crippen molar-refractivity contribution in [1.29, 1.82) is 0 Å². The van der Waals surface area contributed by atoms with E-state index in [0.29, 0.717) is 38.8 Å². The SMILES string of the molecule is O=C1C[C@H](Cc2ccccc2)NC(=O)[C@@H]2CCCN2C(=O)[C@H]2CCCN2C(=O)[C@H](Cc2ccccc2)C1. The van der Waals surface area contributed by atoms with Crippen LogP contribution in [-0.4, -0.2) is 64.5 Å². The van der Waals surface area contributed by atoms with Crippen molar-refractivity contribution in [3.63, 3.8) is 0 Å². The molecule has 0 unspecified atom stereocenters. The molecule has 3 saturated heterocycles. The van der Waals surface area contributed by atoms with Crippen LogP contribution in [-0.2, 0) is 32.0 Å². The number of rotatable bonds is 4. The summed E-state index contributed by atoms with van der Waals surface area (Å²) in [5.74, 6) is -1.03. The van der Waals surface area contributed by atoms with E-state index in [1.807, 2.05) is 60.7 Å². The second-order valence-corrected chi connectivity index (χ2v) is 10.6. The van der Waals surface area contributed by atoms with E-state index < -0.39 is 24.0 Å². The van der Waals surface area contributed by atoms with Crippen molar-refractivity contribution in [2.24, 2.45) is 5.92 Å². The lowest BCUT2D eigenvalue weighted by molar-refractivity contribution is -0.148. The van der Waals surface area contributed by atoms with Crippen molar-refractivity contribution < 1.29 is 19.2 Å². The predicted molar refractivity (Wildman–Crippen MR) is 139 cm³/mol. The Morgan fingerprint density at radius 3 is 1.89 bits per heavy atom. The highest BCUT2D eigenvalue weighted by Crippen LogP contribution is 2.29. The lowest BCUT2D eigenvalue weighted by atomic mass is 9.90. The highest BCUT2D eigenvalue weighted by atomic mass is 16.2. The van der Waals surface area contributed by atoms with Gasteiger partial charge in [0.15, 0.2) is 0 Å². The summed E-state index contributed by atoms with van der Waals surface area (Å²) >= 11 is 0. The molecule has 2 aromatic carbocycles. The highest BCUT2D eigenvalue weighted by molar-refractivity contribution is 5.95. The summed E-state index contributed by atoms with van der Waals surface area (Å²) in [7, 11) is 0. The Morgan fingerprint density at radius 1 is 0.676 bits per heavy atom. The third kappa shape index (κ3) is 5.76. The van der Waals surface area contributed by atoms with Crippen LogP contribution >= 0.6 is 0 Å². The van der Waals surface area contributed by atoms with Crippen LogP contribution in [0.4, 0.5) is 0 Å². The third-order valence-electron chi connectivity index (χ3n) is 7.95. The average molecular weight is 502 g/mol. The number of carbonyl (C=O) groups excluding carboxylic acids is 4. The van der Waals surface area contributed by atoms with E-state index >= 15 is 0 Å². The maximum absolute atomic E-state index is 13.9. The topological polar surface area (TPSA) is 86.8 Å². The number of Topliss-reactive ketones (excluding diaryl/α,β-unsaturated/α-hetero) is 1. The number of benzene rings is 2. The zero-order valence-electron chi connectivity index (χ0n) is 21.2. The molecule has 3 aliphatic heterocycles. The van der Waals surface area contributed by atoms with Crippen LogP contribution in [0.2, 0.25) is 0 Å². The maximum atomic E-state index is 13.9. The van der Waals surface area contributed by atoms with Crippen LogP contribution in [0.3, 0.4) is 0 Å². The quantitative estimate of drug-likeness (QED) is 0.698. The van der Waals surface area contributed by atoms with Gasteiger partial charge in [-0.2, -0.15) is 0 Å². The summed E-state index contributed by atoms with van der Waals surface area (Å²) in [5.41, 5.74) is 2.02. The molecule has 7 nitrogen and oxygen atoms in total. The van der Waals surface area contributed by atoms with Gasteiger partial charge in [-0.1, -0.05) is 60.7 Å². The van der Waals surface area contributed by atoms with Gasteiger partial charge in [-0.05, 0) is 49.7 Å². The molecule has 3 fully saturated rings.